The van der Waals surface area contributed by atoms with Gasteiger partial charge in [-0.25, -0.2) is 0 Å². The average molecular weight is 298 g/mol. The number of rotatable bonds is 5. The molecule has 1 N–H and O–H groups in total. The number of carbonyl (C=O) groups excluding carboxylic acids is 1. The highest BCUT2D eigenvalue weighted by Gasteiger charge is 2.22. The highest BCUT2D eigenvalue weighted by molar-refractivity contribution is 6.31. The minimum atomic E-state index is 0.0774. The SMILES string of the molecule is CCCN(CC1CCCCN1)C(=O)c1cc(Cl)cn1C. The summed E-state index contributed by atoms with van der Waals surface area (Å²) in [7, 11) is 1.86. The molecular weight excluding hydrogens is 274 g/mol. The van der Waals surface area contributed by atoms with E-state index in [9.17, 15) is 4.79 Å². The summed E-state index contributed by atoms with van der Waals surface area (Å²) < 4.78 is 1.81. The van der Waals surface area contributed by atoms with Gasteiger partial charge >= 0.3 is 0 Å². The van der Waals surface area contributed by atoms with Crippen LogP contribution in [0.5, 0.6) is 0 Å². The zero-order chi connectivity index (χ0) is 14.5. The normalized spacial score (nSPS) is 19.1. The fourth-order valence-electron chi connectivity index (χ4n) is 2.79. The molecule has 1 fully saturated rings. The van der Waals surface area contributed by atoms with Crippen LogP contribution in [0.2, 0.25) is 5.02 Å². The minimum Gasteiger partial charge on any atom is -0.345 e. The summed E-state index contributed by atoms with van der Waals surface area (Å²) in [5.41, 5.74) is 0.666. The second-order valence-corrected chi connectivity index (χ2v) is 5.99. The Labute approximate surface area is 126 Å². The molecule has 0 spiro atoms. The van der Waals surface area contributed by atoms with E-state index in [1.54, 1.807) is 12.3 Å². The van der Waals surface area contributed by atoms with Crippen molar-refractivity contribution in [3.8, 4) is 0 Å². The Balaban J connectivity index is 2.06. The van der Waals surface area contributed by atoms with Gasteiger partial charge in [-0.15, -0.1) is 0 Å². The van der Waals surface area contributed by atoms with Crippen molar-refractivity contribution < 1.29 is 4.79 Å². The minimum absolute atomic E-state index is 0.0774. The van der Waals surface area contributed by atoms with E-state index >= 15 is 0 Å². The van der Waals surface area contributed by atoms with E-state index < -0.39 is 0 Å². The summed E-state index contributed by atoms with van der Waals surface area (Å²) in [5, 5.41) is 4.12. The fraction of sp³-hybridized carbons (Fsp3) is 0.667. The van der Waals surface area contributed by atoms with Crippen molar-refractivity contribution in [2.75, 3.05) is 19.6 Å². The summed E-state index contributed by atoms with van der Waals surface area (Å²) in [6.45, 7) is 4.75. The monoisotopic (exact) mass is 297 g/mol. The van der Waals surface area contributed by atoms with Crippen LogP contribution in [0.4, 0.5) is 0 Å². The Morgan fingerprint density at radius 1 is 1.55 bits per heavy atom. The first-order chi connectivity index (χ1) is 9.61. The van der Waals surface area contributed by atoms with Crippen LogP contribution in [-0.4, -0.2) is 41.1 Å². The number of aryl methyl sites for hydroxylation is 1. The first-order valence-corrected chi connectivity index (χ1v) is 7.84. The van der Waals surface area contributed by atoms with Gasteiger partial charge in [0, 0.05) is 32.4 Å². The number of carbonyl (C=O) groups is 1. The van der Waals surface area contributed by atoms with Gasteiger partial charge in [0.2, 0.25) is 0 Å². The Kier molecular flexibility index (Phi) is 5.49. The largest absolute Gasteiger partial charge is 0.345 e. The van der Waals surface area contributed by atoms with Crippen molar-refractivity contribution in [2.24, 2.45) is 7.05 Å². The van der Waals surface area contributed by atoms with Crippen LogP contribution < -0.4 is 5.32 Å². The molecule has 1 amide bonds. The Morgan fingerprint density at radius 3 is 2.90 bits per heavy atom. The first kappa shape index (κ1) is 15.4. The Morgan fingerprint density at radius 2 is 2.35 bits per heavy atom. The molecule has 0 aliphatic carbocycles. The van der Waals surface area contributed by atoms with Crippen LogP contribution in [0.25, 0.3) is 0 Å². The molecule has 1 aromatic rings. The Hall–Kier alpha value is -1.00. The van der Waals surface area contributed by atoms with Crippen LogP contribution in [0.15, 0.2) is 12.3 Å². The van der Waals surface area contributed by atoms with E-state index in [0.717, 1.165) is 32.5 Å². The van der Waals surface area contributed by atoms with Crippen LogP contribution in [-0.2, 0) is 7.05 Å². The average Bonchev–Trinajstić information content (AvgIpc) is 2.77. The second kappa shape index (κ2) is 7.14. The molecule has 112 valence electrons. The van der Waals surface area contributed by atoms with Gasteiger partial charge in [-0.1, -0.05) is 24.9 Å². The molecule has 20 heavy (non-hydrogen) atoms. The Bertz CT molecular complexity index is 452. The van der Waals surface area contributed by atoms with Gasteiger partial charge < -0.3 is 14.8 Å². The van der Waals surface area contributed by atoms with Gasteiger partial charge in [0.05, 0.1) is 5.02 Å². The molecule has 1 atom stereocenters. The number of nitrogens with one attached hydrogen (secondary N) is 1. The molecule has 1 aromatic heterocycles. The smallest absolute Gasteiger partial charge is 0.270 e. The highest BCUT2D eigenvalue weighted by atomic mass is 35.5. The summed E-state index contributed by atoms with van der Waals surface area (Å²) in [6, 6.07) is 2.18. The maximum Gasteiger partial charge on any atom is 0.270 e. The van der Waals surface area contributed by atoms with Crippen molar-refractivity contribution in [1.82, 2.24) is 14.8 Å². The molecule has 1 unspecified atom stereocenters. The molecule has 2 rings (SSSR count). The van der Waals surface area contributed by atoms with Crippen LogP contribution in [0.3, 0.4) is 0 Å². The molecule has 0 aromatic carbocycles. The van der Waals surface area contributed by atoms with Crippen molar-refractivity contribution >= 4 is 17.5 Å². The predicted molar refractivity (Wildman–Crippen MR) is 82.3 cm³/mol. The van der Waals surface area contributed by atoms with E-state index in [2.05, 4.69) is 12.2 Å². The third kappa shape index (κ3) is 3.76. The molecule has 0 saturated carbocycles. The van der Waals surface area contributed by atoms with Crippen molar-refractivity contribution in [3.63, 3.8) is 0 Å². The fourth-order valence-corrected chi connectivity index (χ4v) is 3.04. The molecule has 4 nitrogen and oxygen atoms in total. The topological polar surface area (TPSA) is 37.3 Å². The molecule has 5 heteroatoms. The number of aromatic nitrogens is 1. The van der Waals surface area contributed by atoms with Gasteiger partial charge in [-0.2, -0.15) is 0 Å². The third-order valence-electron chi connectivity index (χ3n) is 3.82. The summed E-state index contributed by atoms with van der Waals surface area (Å²) in [6.07, 6.45) is 6.39. The van der Waals surface area contributed by atoms with Gasteiger partial charge in [0.1, 0.15) is 5.69 Å². The standard InChI is InChI=1S/C15H24ClN3O/c1-3-8-19(11-13-6-4-5-7-17-13)15(20)14-9-12(16)10-18(14)2/h9-10,13,17H,3-8,11H2,1-2H3. The van der Waals surface area contributed by atoms with Gasteiger partial charge in [-0.05, 0) is 31.9 Å². The van der Waals surface area contributed by atoms with Crippen molar-refractivity contribution in [2.45, 2.75) is 38.6 Å². The first-order valence-electron chi connectivity index (χ1n) is 7.46. The third-order valence-corrected chi connectivity index (χ3v) is 4.03. The lowest BCUT2D eigenvalue weighted by molar-refractivity contribution is 0.0722. The summed E-state index contributed by atoms with van der Waals surface area (Å²) >= 11 is 5.98. The maximum absolute atomic E-state index is 12.7. The van der Waals surface area contributed by atoms with Gasteiger partial charge in [0.15, 0.2) is 0 Å². The zero-order valence-electron chi connectivity index (χ0n) is 12.4. The van der Waals surface area contributed by atoms with Crippen molar-refractivity contribution in [3.05, 3.63) is 23.0 Å². The van der Waals surface area contributed by atoms with E-state index in [1.807, 2.05) is 16.5 Å². The van der Waals surface area contributed by atoms with E-state index in [1.165, 1.54) is 12.8 Å². The van der Waals surface area contributed by atoms with Crippen LogP contribution >= 0.6 is 11.6 Å². The molecule has 1 saturated heterocycles. The number of hydrogen-bond donors (Lipinski definition) is 1. The molecule has 0 radical (unpaired) electrons. The molecular formula is C15H24ClN3O. The lowest BCUT2D eigenvalue weighted by Gasteiger charge is -2.30. The summed E-state index contributed by atoms with van der Waals surface area (Å²) in [5.74, 6) is 0.0774. The zero-order valence-corrected chi connectivity index (χ0v) is 13.1. The van der Waals surface area contributed by atoms with E-state index in [4.69, 9.17) is 11.6 Å². The lowest BCUT2D eigenvalue weighted by Crippen LogP contribution is -2.46. The quantitative estimate of drug-likeness (QED) is 0.907. The number of nitrogens with zero attached hydrogens (tertiary/aromatic N) is 2. The highest BCUT2D eigenvalue weighted by Crippen LogP contribution is 2.16. The molecule has 2 heterocycles. The number of halogens is 1. The number of piperidine rings is 1. The number of hydrogen-bond acceptors (Lipinski definition) is 2. The second-order valence-electron chi connectivity index (χ2n) is 5.55. The van der Waals surface area contributed by atoms with E-state index in [0.29, 0.717) is 16.8 Å². The lowest BCUT2D eigenvalue weighted by atomic mass is 10.0. The van der Waals surface area contributed by atoms with Crippen molar-refractivity contribution in [1.29, 1.82) is 0 Å². The molecule has 0 bridgehead atoms. The van der Waals surface area contributed by atoms with Gasteiger partial charge in [-0.3, -0.25) is 4.79 Å². The van der Waals surface area contributed by atoms with Crippen LogP contribution in [0.1, 0.15) is 43.1 Å². The van der Waals surface area contributed by atoms with Gasteiger partial charge in [0.25, 0.3) is 5.91 Å². The maximum atomic E-state index is 12.7. The molecule has 1 aliphatic rings. The predicted octanol–water partition coefficient (Wildman–Crippen LogP) is 2.67. The van der Waals surface area contributed by atoms with E-state index in [-0.39, 0.29) is 5.91 Å². The summed E-state index contributed by atoms with van der Waals surface area (Å²) in [4.78, 5) is 14.6. The molecule has 1 aliphatic heterocycles. The van der Waals surface area contributed by atoms with Crippen LogP contribution in [0, 0.1) is 0 Å². The number of amides is 1.